The first-order chi connectivity index (χ1) is 11.3. The van der Waals surface area contributed by atoms with Gasteiger partial charge in [-0.3, -0.25) is 4.90 Å². The topological polar surface area (TPSA) is 57.5 Å². The molecule has 1 aromatic heterocycles. The molecule has 1 fully saturated rings. The van der Waals surface area contributed by atoms with E-state index in [1.807, 2.05) is 42.5 Å². The van der Waals surface area contributed by atoms with Crippen molar-refractivity contribution in [2.45, 2.75) is 25.4 Å². The SMILES string of the molecule is O=C(NCc1ccccc1)NCC(c1ccco1)N1CCCC1. The van der Waals surface area contributed by atoms with Crippen LogP contribution in [0, 0.1) is 0 Å². The molecule has 2 heterocycles. The van der Waals surface area contributed by atoms with Crippen LogP contribution in [-0.2, 0) is 6.54 Å². The second-order valence-corrected chi connectivity index (χ2v) is 5.82. The highest BCUT2D eigenvalue weighted by Gasteiger charge is 2.25. The van der Waals surface area contributed by atoms with Gasteiger partial charge < -0.3 is 15.1 Å². The maximum atomic E-state index is 12.0. The van der Waals surface area contributed by atoms with Gasteiger partial charge in [-0.25, -0.2) is 4.79 Å². The number of furan rings is 1. The van der Waals surface area contributed by atoms with Crippen LogP contribution in [0.5, 0.6) is 0 Å². The molecule has 2 N–H and O–H groups in total. The number of amides is 2. The Morgan fingerprint density at radius 2 is 1.87 bits per heavy atom. The number of nitrogens with one attached hydrogen (secondary N) is 2. The van der Waals surface area contributed by atoms with Gasteiger partial charge in [0.15, 0.2) is 0 Å². The van der Waals surface area contributed by atoms with E-state index in [1.165, 1.54) is 12.8 Å². The van der Waals surface area contributed by atoms with Crippen molar-refractivity contribution in [1.29, 1.82) is 0 Å². The third kappa shape index (κ3) is 4.36. The average Bonchev–Trinajstić information content (AvgIpc) is 3.28. The number of carbonyl (C=O) groups is 1. The predicted molar refractivity (Wildman–Crippen MR) is 88.9 cm³/mol. The fraction of sp³-hybridized carbons (Fsp3) is 0.389. The smallest absolute Gasteiger partial charge is 0.315 e. The van der Waals surface area contributed by atoms with E-state index in [0.29, 0.717) is 13.1 Å². The number of carbonyl (C=O) groups excluding carboxylic acids is 1. The third-order valence-corrected chi connectivity index (χ3v) is 4.20. The van der Waals surface area contributed by atoms with E-state index in [0.717, 1.165) is 24.4 Å². The molecule has 1 aromatic carbocycles. The summed E-state index contributed by atoms with van der Waals surface area (Å²) in [4.78, 5) is 14.4. The highest BCUT2D eigenvalue weighted by atomic mass is 16.3. The van der Waals surface area contributed by atoms with E-state index in [-0.39, 0.29) is 12.1 Å². The van der Waals surface area contributed by atoms with Gasteiger partial charge in [0.2, 0.25) is 0 Å². The first-order valence-electron chi connectivity index (χ1n) is 8.16. The Balaban J connectivity index is 1.51. The summed E-state index contributed by atoms with van der Waals surface area (Å²) in [5, 5.41) is 5.86. The highest BCUT2D eigenvalue weighted by Crippen LogP contribution is 2.24. The zero-order valence-corrected chi connectivity index (χ0v) is 13.2. The molecule has 0 bridgehead atoms. The Morgan fingerprint density at radius 1 is 1.09 bits per heavy atom. The van der Waals surface area contributed by atoms with E-state index in [2.05, 4.69) is 15.5 Å². The molecule has 1 unspecified atom stereocenters. The normalized spacial score (nSPS) is 16.2. The van der Waals surface area contributed by atoms with Gasteiger partial charge in [-0.05, 0) is 43.6 Å². The van der Waals surface area contributed by atoms with Crippen LogP contribution < -0.4 is 10.6 Å². The summed E-state index contributed by atoms with van der Waals surface area (Å²) in [5.41, 5.74) is 1.09. The van der Waals surface area contributed by atoms with Gasteiger partial charge >= 0.3 is 6.03 Å². The van der Waals surface area contributed by atoms with Crippen LogP contribution in [0.2, 0.25) is 0 Å². The zero-order chi connectivity index (χ0) is 15.9. The molecule has 0 aliphatic carbocycles. The Bertz CT molecular complexity index is 592. The molecule has 1 atom stereocenters. The van der Waals surface area contributed by atoms with E-state index < -0.39 is 0 Å². The van der Waals surface area contributed by atoms with Gasteiger partial charge in [0.05, 0.1) is 12.3 Å². The van der Waals surface area contributed by atoms with Crippen LogP contribution >= 0.6 is 0 Å². The van der Waals surface area contributed by atoms with E-state index >= 15 is 0 Å². The maximum Gasteiger partial charge on any atom is 0.315 e. The molecular weight excluding hydrogens is 290 g/mol. The van der Waals surface area contributed by atoms with Gasteiger partial charge in [0.1, 0.15) is 5.76 Å². The number of benzene rings is 1. The average molecular weight is 313 g/mol. The molecule has 2 amide bonds. The van der Waals surface area contributed by atoms with Crippen molar-refractivity contribution in [3.8, 4) is 0 Å². The first-order valence-corrected chi connectivity index (χ1v) is 8.16. The molecule has 5 nitrogen and oxygen atoms in total. The Labute approximate surface area is 136 Å². The molecule has 0 radical (unpaired) electrons. The van der Waals surface area contributed by atoms with Gasteiger partial charge in [-0.2, -0.15) is 0 Å². The number of likely N-dealkylation sites (tertiary alicyclic amines) is 1. The lowest BCUT2D eigenvalue weighted by atomic mass is 10.2. The van der Waals surface area contributed by atoms with E-state index in [4.69, 9.17) is 4.42 Å². The van der Waals surface area contributed by atoms with Gasteiger partial charge in [-0.15, -0.1) is 0 Å². The van der Waals surface area contributed by atoms with E-state index in [9.17, 15) is 4.79 Å². The Morgan fingerprint density at radius 3 is 2.57 bits per heavy atom. The third-order valence-electron chi connectivity index (χ3n) is 4.20. The first kappa shape index (κ1) is 15.6. The molecule has 122 valence electrons. The summed E-state index contributed by atoms with van der Waals surface area (Å²) in [6.45, 7) is 3.19. The lowest BCUT2D eigenvalue weighted by molar-refractivity contribution is 0.203. The molecule has 1 aliphatic heterocycles. The van der Waals surface area contributed by atoms with Crippen LogP contribution in [0.25, 0.3) is 0 Å². The minimum absolute atomic E-state index is 0.106. The second-order valence-electron chi connectivity index (χ2n) is 5.82. The van der Waals surface area contributed by atoms with Crippen molar-refractivity contribution >= 4 is 6.03 Å². The molecule has 1 aliphatic rings. The van der Waals surface area contributed by atoms with Gasteiger partial charge in [0.25, 0.3) is 0 Å². The monoisotopic (exact) mass is 313 g/mol. The summed E-state index contributed by atoms with van der Waals surface area (Å²) in [5.74, 6) is 0.912. The molecular formula is C18H23N3O2. The van der Waals surface area contributed by atoms with Crippen molar-refractivity contribution in [1.82, 2.24) is 15.5 Å². The largest absolute Gasteiger partial charge is 0.468 e. The fourth-order valence-corrected chi connectivity index (χ4v) is 2.97. The van der Waals surface area contributed by atoms with E-state index in [1.54, 1.807) is 6.26 Å². The number of hydrogen-bond acceptors (Lipinski definition) is 3. The zero-order valence-electron chi connectivity index (χ0n) is 13.2. The van der Waals surface area contributed by atoms with Crippen LogP contribution in [0.15, 0.2) is 53.1 Å². The summed E-state index contributed by atoms with van der Waals surface area (Å²) < 4.78 is 5.56. The van der Waals surface area contributed by atoms with Crippen molar-refractivity contribution in [2.75, 3.05) is 19.6 Å². The predicted octanol–water partition coefficient (Wildman–Crippen LogP) is 2.92. The molecule has 23 heavy (non-hydrogen) atoms. The van der Waals surface area contributed by atoms with Crippen molar-refractivity contribution in [3.05, 3.63) is 60.1 Å². The number of urea groups is 1. The number of nitrogens with zero attached hydrogens (tertiary/aromatic N) is 1. The molecule has 0 saturated carbocycles. The van der Waals surface area contributed by atoms with Crippen molar-refractivity contribution in [3.63, 3.8) is 0 Å². The Kier molecular flexibility index (Phi) is 5.32. The van der Waals surface area contributed by atoms with Crippen molar-refractivity contribution < 1.29 is 9.21 Å². The highest BCUT2D eigenvalue weighted by molar-refractivity contribution is 5.73. The lowest BCUT2D eigenvalue weighted by Gasteiger charge is -2.26. The molecule has 1 saturated heterocycles. The molecule has 2 aromatic rings. The molecule has 5 heteroatoms. The minimum atomic E-state index is -0.149. The summed E-state index contributed by atoms with van der Waals surface area (Å²) in [6.07, 6.45) is 4.10. The molecule has 3 rings (SSSR count). The standard InChI is InChI=1S/C18H23N3O2/c22-18(19-13-15-7-2-1-3-8-15)20-14-16(17-9-6-12-23-17)21-10-4-5-11-21/h1-3,6-9,12,16H,4-5,10-11,13-14H2,(H2,19,20,22). The fourth-order valence-electron chi connectivity index (χ4n) is 2.97. The van der Waals surface area contributed by atoms with Crippen LogP contribution in [0.4, 0.5) is 4.79 Å². The molecule has 0 spiro atoms. The van der Waals surface area contributed by atoms with Crippen LogP contribution in [0.3, 0.4) is 0 Å². The van der Waals surface area contributed by atoms with Gasteiger partial charge in [0, 0.05) is 13.1 Å². The maximum absolute atomic E-state index is 12.0. The summed E-state index contributed by atoms with van der Waals surface area (Å²) >= 11 is 0. The lowest BCUT2D eigenvalue weighted by Crippen LogP contribution is -2.41. The summed E-state index contributed by atoms with van der Waals surface area (Å²) in [6, 6.07) is 13.7. The van der Waals surface area contributed by atoms with Crippen molar-refractivity contribution in [2.24, 2.45) is 0 Å². The second kappa shape index (κ2) is 7.83. The Hall–Kier alpha value is -2.27. The number of rotatable bonds is 6. The van der Waals surface area contributed by atoms with Crippen LogP contribution in [0.1, 0.15) is 30.2 Å². The number of hydrogen-bond donors (Lipinski definition) is 2. The summed E-state index contributed by atoms with van der Waals surface area (Å²) in [7, 11) is 0. The van der Waals surface area contributed by atoms with Gasteiger partial charge in [-0.1, -0.05) is 30.3 Å². The minimum Gasteiger partial charge on any atom is -0.468 e. The quantitative estimate of drug-likeness (QED) is 0.862. The van der Waals surface area contributed by atoms with Crippen LogP contribution in [-0.4, -0.2) is 30.6 Å².